The van der Waals surface area contributed by atoms with Crippen molar-refractivity contribution in [1.82, 2.24) is 4.98 Å². The van der Waals surface area contributed by atoms with Crippen LogP contribution in [-0.4, -0.2) is 16.1 Å². The Hall–Kier alpha value is -1.84. The van der Waals surface area contributed by atoms with Crippen molar-refractivity contribution in [3.8, 4) is 0 Å². The minimum absolute atomic E-state index is 0.465. The molecule has 4 heteroatoms. The number of nitrogens with two attached hydrogens (primary N) is 1. The van der Waals surface area contributed by atoms with E-state index in [0.717, 1.165) is 17.2 Å². The number of carboxylic acids is 1. The highest BCUT2D eigenvalue weighted by atomic mass is 16.4. The van der Waals surface area contributed by atoms with Crippen molar-refractivity contribution in [2.75, 3.05) is 5.73 Å². The molecule has 0 saturated heterocycles. The molecule has 1 aromatic heterocycles. The van der Waals surface area contributed by atoms with Gasteiger partial charge in [-0.25, -0.2) is 9.78 Å². The van der Waals surface area contributed by atoms with Gasteiger partial charge in [-0.2, -0.15) is 0 Å². The minimum Gasteiger partial charge on any atom is -0.478 e. The van der Waals surface area contributed by atoms with E-state index in [2.05, 4.69) is 4.98 Å². The molecular formula is C9H10N2O2. The highest BCUT2D eigenvalue weighted by Crippen LogP contribution is 2.09. The molecule has 1 heterocycles. The van der Waals surface area contributed by atoms with Gasteiger partial charge in [0.1, 0.15) is 5.82 Å². The lowest BCUT2D eigenvalue weighted by molar-refractivity contribution is -0.131. The smallest absolute Gasteiger partial charge is 0.328 e. The summed E-state index contributed by atoms with van der Waals surface area (Å²) < 4.78 is 0. The number of nitrogens with zero attached hydrogens (tertiary/aromatic N) is 1. The molecule has 0 aliphatic rings. The van der Waals surface area contributed by atoms with Crippen LogP contribution in [0.5, 0.6) is 0 Å². The molecule has 0 fully saturated rings. The lowest BCUT2D eigenvalue weighted by atomic mass is 10.2. The number of aromatic nitrogens is 1. The molecular weight excluding hydrogens is 168 g/mol. The van der Waals surface area contributed by atoms with Gasteiger partial charge in [0.2, 0.25) is 0 Å². The Morgan fingerprint density at radius 3 is 2.92 bits per heavy atom. The summed E-state index contributed by atoms with van der Waals surface area (Å²) in [7, 11) is 0. The molecule has 0 radical (unpaired) electrons. The molecule has 0 aromatic carbocycles. The van der Waals surface area contributed by atoms with Crippen LogP contribution in [-0.2, 0) is 4.79 Å². The first kappa shape index (κ1) is 9.25. The first-order valence-electron chi connectivity index (χ1n) is 3.72. The second kappa shape index (κ2) is 3.71. The van der Waals surface area contributed by atoms with Crippen molar-refractivity contribution in [3.05, 3.63) is 29.5 Å². The van der Waals surface area contributed by atoms with Crippen LogP contribution in [0, 0.1) is 6.92 Å². The maximum absolute atomic E-state index is 10.2. The molecule has 0 unspecified atom stereocenters. The number of rotatable bonds is 2. The van der Waals surface area contributed by atoms with Gasteiger partial charge in [0.05, 0.1) is 0 Å². The van der Waals surface area contributed by atoms with Crippen LogP contribution in [0.25, 0.3) is 6.08 Å². The summed E-state index contributed by atoms with van der Waals surface area (Å²) in [6, 6.07) is 1.78. The summed E-state index contributed by atoms with van der Waals surface area (Å²) >= 11 is 0. The second-order valence-corrected chi connectivity index (χ2v) is 2.64. The molecule has 0 spiro atoms. The van der Waals surface area contributed by atoms with Crippen LogP contribution in [0.1, 0.15) is 11.1 Å². The van der Waals surface area contributed by atoms with Crippen LogP contribution in [0.3, 0.4) is 0 Å². The summed E-state index contributed by atoms with van der Waals surface area (Å²) in [5.41, 5.74) is 7.06. The number of aliphatic carboxylic acids is 1. The zero-order valence-corrected chi connectivity index (χ0v) is 7.19. The van der Waals surface area contributed by atoms with Gasteiger partial charge in [0.25, 0.3) is 0 Å². The van der Waals surface area contributed by atoms with E-state index in [1.54, 1.807) is 6.07 Å². The van der Waals surface area contributed by atoms with E-state index in [1.165, 1.54) is 12.3 Å². The van der Waals surface area contributed by atoms with E-state index in [0.29, 0.717) is 5.82 Å². The Morgan fingerprint density at radius 2 is 2.38 bits per heavy atom. The fourth-order valence-corrected chi connectivity index (χ4v) is 0.866. The van der Waals surface area contributed by atoms with Crippen LogP contribution in [0.2, 0.25) is 0 Å². The van der Waals surface area contributed by atoms with E-state index >= 15 is 0 Å². The summed E-state index contributed by atoms with van der Waals surface area (Å²) in [6.45, 7) is 1.82. The molecule has 68 valence electrons. The predicted octanol–water partition coefficient (Wildman–Crippen LogP) is 1.07. The Labute approximate surface area is 75.7 Å². The molecule has 0 saturated carbocycles. The number of carbonyl (C=O) groups is 1. The number of aryl methyl sites for hydroxylation is 1. The third-order valence-corrected chi connectivity index (χ3v) is 1.56. The minimum atomic E-state index is -0.977. The van der Waals surface area contributed by atoms with E-state index in [9.17, 15) is 4.79 Å². The fourth-order valence-electron chi connectivity index (χ4n) is 0.866. The van der Waals surface area contributed by atoms with Crippen molar-refractivity contribution in [3.63, 3.8) is 0 Å². The first-order chi connectivity index (χ1) is 6.09. The maximum Gasteiger partial charge on any atom is 0.328 e. The topological polar surface area (TPSA) is 76.2 Å². The van der Waals surface area contributed by atoms with Gasteiger partial charge < -0.3 is 10.8 Å². The molecule has 0 amide bonds. The van der Waals surface area contributed by atoms with E-state index in [1.807, 2.05) is 6.92 Å². The molecule has 13 heavy (non-hydrogen) atoms. The summed E-state index contributed by atoms with van der Waals surface area (Å²) in [5, 5.41) is 8.37. The summed E-state index contributed by atoms with van der Waals surface area (Å²) in [5.74, 6) is -0.512. The zero-order valence-electron chi connectivity index (χ0n) is 7.19. The standard InChI is InChI=1S/C9H10N2O2/c1-6-4-7(2-3-8(12)13)5-11-9(6)10/h2-5H,1H3,(H2,10,11)(H,12,13)/b3-2-. The lowest BCUT2D eigenvalue weighted by Gasteiger charge is -1.98. The third kappa shape index (κ3) is 2.59. The van der Waals surface area contributed by atoms with Gasteiger partial charge in [-0.1, -0.05) is 0 Å². The van der Waals surface area contributed by atoms with E-state index in [4.69, 9.17) is 10.8 Å². The number of hydrogen-bond acceptors (Lipinski definition) is 3. The molecule has 0 aliphatic carbocycles. The molecule has 1 rings (SSSR count). The second-order valence-electron chi connectivity index (χ2n) is 2.64. The van der Waals surface area contributed by atoms with Crippen LogP contribution in [0.4, 0.5) is 5.82 Å². The number of anilines is 1. The Balaban J connectivity index is 2.92. The normalized spacial score (nSPS) is 10.5. The van der Waals surface area contributed by atoms with Crippen LogP contribution >= 0.6 is 0 Å². The molecule has 1 aromatic rings. The quantitative estimate of drug-likeness (QED) is 0.664. The Kier molecular flexibility index (Phi) is 2.64. The predicted molar refractivity (Wildman–Crippen MR) is 50.1 cm³/mol. The molecule has 0 aliphatic heterocycles. The lowest BCUT2D eigenvalue weighted by Crippen LogP contribution is -1.94. The number of carboxylic acid groups (broad SMARTS) is 1. The number of pyridine rings is 1. The SMILES string of the molecule is Cc1cc(/C=C\C(=O)O)cnc1N. The third-order valence-electron chi connectivity index (χ3n) is 1.56. The molecule has 3 N–H and O–H groups in total. The molecule has 0 bridgehead atoms. The summed E-state index contributed by atoms with van der Waals surface area (Å²) in [6.07, 6.45) is 4.07. The molecule has 0 atom stereocenters. The van der Waals surface area contributed by atoms with Crippen LogP contribution < -0.4 is 5.73 Å². The van der Waals surface area contributed by atoms with Crippen molar-refractivity contribution < 1.29 is 9.90 Å². The van der Waals surface area contributed by atoms with Gasteiger partial charge in [0.15, 0.2) is 0 Å². The van der Waals surface area contributed by atoms with Gasteiger partial charge in [-0.15, -0.1) is 0 Å². The largest absolute Gasteiger partial charge is 0.478 e. The van der Waals surface area contributed by atoms with Crippen molar-refractivity contribution in [2.24, 2.45) is 0 Å². The monoisotopic (exact) mass is 178 g/mol. The highest BCUT2D eigenvalue weighted by Gasteiger charge is 1.95. The summed E-state index contributed by atoms with van der Waals surface area (Å²) in [4.78, 5) is 14.1. The zero-order chi connectivity index (χ0) is 9.84. The Morgan fingerprint density at radius 1 is 1.69 bits per heavy atom. The fraction of sp³-hybridized carbons (Fsp3) is 0.111. The highest BCUT2D eigenvalue weighted by molar-refractivity contribution is 5.85. The van der Waals surface area contributed by atoms with E-state index in [-0.39, 0.29) is 0 Å². The van der Waals surface area contributed by atoms with Gasteiger partial charge in [-0.05, 0) is 30.2 Å². The van der Waals surface area contributed by atoms with Crippen LogP contribution in [0.15, 0.2) is 18.3 Å². The van der Waals surface area contributed by atoms with Crippen molar-refractivity contribution in [1.29, 1.82) is 0 Å². The first-order valence-corrected chi connectivity index (χ1v) is 3.72. The molecule has 4 nitrogen and oxygen atoms in total. The average molecular weight is 178 g/mol. The number of hydrogen-bond donors (Lipinski definition) is 2. The van der Waals surface area contributed by atoms with Crippen molar-refractivity contribution >= 4 is 17.9 Å². The van der Waals surface area contributed by atoms with Gasteiger partial charge in [-0.3, -0.25) is 0 Å². The maximum atomic E-state index is 10.2. The Bertz CT molecular complexity index is 359. The van der Waals surface area contributed by atoms with Gasteiger partial charge >= 0.3 is 5.97 Å². The van der Waals surface area contributed by atoms with Crippen molar-refractivity contribution in [2.45, 2.75) is 6.92 Å². The number of nitrogen functional groups attached to an aromatic ring is 1. The average Bonchev–Trinajstić information content (AvgIpc) is 2.07. The van der Waals surface area contributed by atoms with Gasteiger partial charge in [0, 0.05) is 12.3 Å². The van der Waals surface area contributed by atoms with E-state index < -0.39 is 5.97 Å².